The standard InChI is InChI=1S/C11H20N2O2/c1-7(2)15-11-9(4)10(5)13(12-11)8(3)6-14/h7-8,14H,6H2,1-5H3/t8-/m0/s1. The van der Waals surface area contributed by atoms with Crippen LogP contribution in [0.1, 0.15) is 38.1 Å². The van der Waals surface area contributed by atoms with Crippen LogP contribution in [0.2, 0.25) is 0 Å². The topological polar surface area (TPSA) is 47.3 Å². The first-order chi connectivity index (χ1) is 6.97. The Balaban J connectivity index is 3.01. The van der Waals surface area contributed by atoms with Gasteiger partial charge in [-0.25, -0.2) is 0 Å². The van der Waals surface area contributed by atoms with E-state index in [1.165, 1.54) is 0 Å². The van der Waals surface area contributed by atoms with Gasteiger partial charge in [0.05, 0.1) is 18.8 Å². The molecule has 4 nitrogen and oxygen atoms in total. The molecular weight excluding hydrogens is 192 g/mol. The van der Waals surface area contributed by atoms with Crippen molar-refractivity contribution in [1.82, 2.24) is 9.78 Å². The number of aromatic nitrogens is 2. The molecule has 0 bridgehead atoms. The van der Waals surface area contributed by atoms with Crippen LogP contribution < -0.4 is 4.74 Å². The zero-order valence-electron chi connectivity index (χ0n) is 10.1. The van der Waals surface area contributed by atoms with Crippen molar-refractivity contribution >= 4 is 0 Å². The summed E-state index contributed by atoms with van der Waals surface area (Å²) in [5, 5.41) is 13.4. The first-order valence-electron chi connectivity index (χ1n) is 5.30. The number of ether oxygens (including phenoxy) is 1. The third-order valence-electron chi connectivity index (χ3n) is 2.43. The van der Waals surface area contributed by atoms with Crippen molar-refractivity contribution in [3.63, 3.8) is 0 Å². The smallest absolute Gasteiger partial charge is 0.236 e. The fourth-order valence-electron chi connectivity index (χ4n) is 1.42. The number of rotatable bonds is 4. The van der Waals surface area contributed by atoms with Gasteiger partial charge in [0, 0.05) is 11.3 Å². The molecule has 1 aromatic rings. The number of hydrogen-bond acceptors (Lipinski definition) is 3. The lowest BCUT2D eigenvalue weighted by Crippen LogP contribution is -2.13. The molecule has 0 aromatic carbocycles. The van der Waals surface area contributed by atoms with Gasteiger partial charge < -0.3 is 9.84 Å². The largest absolute Gasteiger partial charge is 0.474 e. The van der Waals surface area contributed by atoms with Gasteiger partial charge in [0.25, 0.3) is 0 Å². The molecule has 86 valence electrons. The molecule has 4 heteroatoms. The summed E-state index contributed by atoms with van der Waals surface area (Å²) < 4.78 is 7.40. The van der Waals surface area contributed by atoms with Crippen molar-refractivity contribution in [2.24, 2.45) is 0 Å². The normalized spacial score (nSPS) is 13.3. The summed E-state index contributed by atoms with van der Waals surface area (Å²) in [5.74, 6) is 0.669. The van der Waals surface area contributed by atoms with E-state index in [9.17, 15) is 0 Å². The predicted octanol–water partition coefficient (Wildman–Crippen LogP) is 1.84. The van der Waals surface area contributed by atoms with Crippen LogP contribution in [0, 0.1) is 13.8 Å². The second kappa shape index (κ2) is 4.66. The Kier molecular flexibility index (Phi) is 3.74. The van der Waals surface area contributed by atoms with E-state index in [4.69, 9.17) is 9.84 Å². The predicted molar refractivity (Wildman–Crippen MR) is 59.3 cm³/mol. The van der Waals surface area contributed by atoms with E-state index in [1.54, 1.807) is 0 Å². The molecule has 1 N–H and O–H groups in total. The molecule has 0 saturated heterocycles. The minimum Gasteiger partial charge on any atom is -0.474 e. The number of aliphatic hydroxyl groups excluding tert-OH is 1. The van der Waals surface area contributed by atoms with Gasteiger partial charge in [-0.1, -0.05) is 0 Å². The van der Waals surface area contributed by atoms with Crippen molar-refractivity contribution in [3.8, 4) is 5.88 Å². The van der Waals surface area contributed by atoms with Gasteiger partial charge in [0.1, 0.15) is 0 Å². The molecule has 0 aliphatic heterocycles. The summed E-state index contributed by atoms with van der Waals surface area (Å²) in [5.41, 5.74) is 2.09. The van der Waals surface area contributed by atoms with Crippen molar-refractivity contribution in [1.29, 1.82) is 0 Å². The SMILES string of the molecule is Cc1c(OC(C)C)nn([C@@H](C)CO)c1C. The monoisotopic (exact) mass is 212 g/mol. The molecule has 0 radical (unpaired) electrons. The lowest BCUT2D eigenvalue weighted by molar-refractivity contribution is 0.211. The number of aliphatic hydroxyl groups is 1. The average molecular weight is 212 g/mol. The van der Waals surface area contributed by atoms with E-state index < -0.39 is 0 Å². The summed E-state index contributed by atoms with van der Waals surface area (Å²) >= 11 is 0. The molecule has 1 atom stereocenters. The van der Waals surface area contributed by atoms with Crippen molar-refractivity contribution < 1.29 is 9.84 Å². The van der Waals surface area contributed by atoms with E-state index in [1.807, 2.05) is 39.3 Å². The Labute approximate surface area is 90.9 Å². The minimum absolute atomic E-state index is 0.00628. The molecule has 0 aliphatic carbocycles. The van der Waals surface area contributed by atoms with Crippen LogP contribution in [-0.4, -0.2) is 27.6 Å². The first kappa shape index (κ1) is 12.0. The van der Waals surface area contributed by atoms with E-state index >= 15 is 0 Å². The van der Waals surface area contributed by atoms with Crippen molar-refractivity contribution in [2.75, 3.05) is 6.61 Å². The van der Waals surface area contributed by atoms with E-state index in [-0.39, 0.29) is 18.8 Å². The first-order valence-corrected chi connectivity index (χ1v) is 5.30. The summed E-state index contributed by atoms with van der Waals surface area (Å²) in [7, 11) is 0. The molecule has 1 aromatic heterocycles. The minimum atomic E-state index is -0.00628. The van der Waals surface area contributed by atoms with Crippen LogP contribution in [0.3, 0.4) is 0 Å². The molecule has 0 unspecified atom stereocenters. The second-order valence-corrected chi connectivity index (χ2v) is 4.16. The van der Waals surface area contributed by atoms with Gasteiger partial charge in [-0.2, -0.15) is 0 Å². The molecule has 0 fully saturated rings. The van der Waals surface area contributed by atoms with Gasteiger partial charge in [-0.3, -0.25) is 4.68 Å². The zero-order valence-corrected chi connectivity index (χ0v) is 10.1. The quantitative estimate of drug-likeness (QED) is 0.828. The Morgan fingerprint density at radius 3 is 2.40 bits per heavy atom. The van der Waals surface area contributed by atoms with Crippen molar-refractivity contribution in [2.45, 2.75) is 46.8 Å². The van der Waals surface area contributed by atoms with Crippen LogP contribution >= 0.6 is 0 Å². The van der Waals surface area contributed by atoms with Crippen LogP contribution in [0.5, 0.6) is 5.88 Å². The van der Waals surface area contributed by atoms with E-state index in [0.29, 0.717) is 5.88 Å². The van der Waals surface area contributed by atoms with Crippen LogP contribution in [0.25, 0.3) is 0 Å². The molecule has 0 aliphatic rings. The molecule has 15 heavy (non-hydrogen) atoms. The fourth-order valence-corrected chi connectivity index (χ4v) is 1.42. The van der Waals surface area contributed by atoms with Crippen LogP contribution in [0.15, 0.2) is 0 Å². The number of nitrogens with zero attached hydrogens (tertiary/aromatic N) is 2. The fraction of sp³-hybridized carbons (Fsp3) is 0.727. The van der Waals surface area contributed by atoms with Gasteiger partial charge >= 0.3 is 0 Å². The third-order valence-corrected chi connectivity index (χ3v) is 2.43. The average Bonchev–Trinajstić information content (AvgIpc) is 2.44. The highest BCUT2D eigenvalue weighted by molar-refractivity contribution is 5.29. The Morgan fingerprint density at radius 2 is 1.93 bits per heavy atom. The maximum atomic E-state index is 9.09. The summed E-state index contributed by atoms with van der Waals surface area (Å²) in [6.45, 7) is 9.94. The molecule has 1 rings (SSSR count). The van der Waals surface area contributed by atoms with Gasteiger partial charge in [0.15, 0.2) is 0 Å². The van der Waals surface area contributed by atoms with E-state index in [2.05, 4.69) is 5.10 Å². The second-order valence-electron chi connectivity index (χ2n) is 4.16. The van der Waals surface area contributed by atoms with Gasteiger partial charge in [-0.15, -0.1) is 5.10 Å². The lowest BCUT2D eigenvalue weighted by Gasteiger charge is -2.10. The number of hydrogen-bond donors (Lipinski definition) is 1. The zero-order chi connectivity index (χ0) is 11.6. The van der Waals surface area contributed by atoms with Gasteiger partial charge in [-0.05, 0) is 34.6 Å². The Morgan fingerprint density at radius 1 is 1.33 bits per heavy atom. The van der Waals surface area contributed by atoms with Crippen LogP contribution in [0.4, 0.5) is 0 Å². The highest BCUT2D eigenvalue weighted by Gasteiger charge is 2.16. The summed E-state index contributed by atoms with van der Waals surface area (Å²) in [6, 6.07) is -0.00628. The van der Waals surface area contributed by atoms with Gasteiger partial charge in [0.2, 0.25) is 5.88 Å². The van der Waals surface area contributed by atoms with E-state index in [0.717, 1.165) is 11.3 Å². The molecule has 0 amide bonds. The third kappa shape index (κ3) is 2.50. The summed E-state index contributed by atoms with van der Waals surface area (Å²) in [6.07, 6.45) is 0.121. The maximum Gasteiger partial charge on any atom is 0.236 e. The molecule has 0 saturated carbocycles. The van der Waals surface area contributed by atoms with Crippen LogP contribution in [-0.2, 0) is 0 Å². The lowest BCUT2D eigenvalue weighted by atomic mass is 10.2. The molecule has 1 heterocycles. The Hall–Kier alpha value is -1.03. The highest BCUT2D eigenvalue weighted by Crippen LogP contribution is 2.23. The van der Waals surface area contributed by atoms with Crippen molar-refractivity contribution in [3.05, 3.63) is 11.3 Å². The molecular formula is C11H20N2O2. The summed E-state index contributed by atoms with van der Waals surface area (Å²) in [4.78, 5) is 0. The molecule has 0 spiro atoms. The maximum absolute atomic E-state index is 9.09. The Bertz CT molecular complexity index is 332. The highest BCUT2D eigenvalue weighted by atomic mass is 16.5.